The summed E-state index contributed by atoms with van der Waals surface area (Å²) >= 11 is 1.73. The van der Waals surface area contributed by atoms with Crippen molar-refractivity contribution in [1.29, 1.82) is 0 Å². The van der Waals surface area contributed by atoms with Gasteiger partial charge < -0.3 is 15.4 Å². The minimum absolute atomic E-state index is 0.0154. The van der Waals surface area contributed by atoms with Gasteiger partial charge in [-0.25, -0.2) is 4.79 Å². The number of rotatable bonds is 4. The first-order chi connectivity index (χ1) is 8.99. The summed E-state index contributed by atoms with van der Waals surface area (Å²) in [6.45, 7) is 4.22. The Hall–Kier alpha value is -1.95. The van der Waals surface area contributed by atoms with Gasteiger partial charge in [-0.2, -0.15) is 0 Å². The molecule has 1 heterocycles. The molecular formula is C13H14N2O3S. The minimum Gasteiger partial charge on any atom is -0.476 e. The Balaban J connectivity index is 2.37. The van der Waals surface area contributed by atoms with Gasteiger partial charge in [-0.1, -0.05) is 31.1 Å². The largest absolute Gasteiger partial charge is 0.476 e. The highest BCUT2D eigenvalue weighted by molar-refractivity contribution is 7.99. The number of nitrogens with two attached hydrogens (primary N) is 1. The first kappa shape index (κ1) is 13.5. The molecule has 0 unspecified atom stereocenters. The number of nitrogen functional groups attached to an aromatic ring is 1. The van der Waals surface area contributed by atoms with Crippen LogP contribution in [0.25, 0.3) is 11.1 Å². The highest BCUT2D eigenvalue weighted by atomic mass is 32.2. The lowest BCUT2D eigenvalue weighted by Crippen LogP contribution is -1.99. The number of anilines is 1. The second-order valence-electron chi connectivity index (χ2n) is 4.27. The zero-order valence-corrected chi connectivity index (χ0v) is 11.4. The highest BCUT2D eigenvalue weighted by Gasteiger charge is 2.21. The van der Waals surface area contributed by atoms with E-state index in [2.05, 4.69) is 19.0 Å². The molecule has 0 saturated heterocycles. The predicted molar refractivity (Wildman–Crippen MR) is 74.3 cm³/mol. The summed E-state index contributed by atoms with van der Waals surface area (Å²) in [5.74, 6) is -1.14. The quantitative estimate of drug-likeness (QED) is 0.835. The molecule has 0 aliphatic heterocycles. The van der Waals surface area contributed by atoms with E-state index in [4.69, 9.17) is 15.4 Å². The summed E-state index contributed by atoms with van der Waals surface area (Å²) < 4.78 is 4.75. The molecule has 3 N–H and O–H groups in total. The Labute approximate surface area is 114 Å². The van der Waals surface area contributed by atoms with Crippen LogP contribution in [0.2, 0.25) is 0 Å². The lowest BCUT2D eigenvalue weighted by molar-refractivity contribution is 0.0686. The number of aromatic nitrogens is 1. The highest BCUT2D eigenvalue weighted by Crippen LogP contribution is 2.32. The van der Waals surface area contributed by atoms with E-state index in [0.29, 0.717) is 16.4 Å². The maximum Gasteiger partial charge on any atom is 0.358 e. The van der Waals surface area contributed by atoms with Crippen molar-refractivity contribution in [1.82, 2.24) is 5.16 Å². The van der Waals surface area contributed by atoms with Gasteiger partial charge in [0.1, 0.15) is 0 Å². The molecule has 6 heteroatoms. The summed E-state index contributed by atoms with van der Waals surface area (Å²) in [4.78, 5) is 12.2. The van der Waals surface area contributed by atoms with Crippen molar-refractivity contribution in [2.45, 2.75) is 24.0 Å². The van der Waals surface area contributed by atoms with E-state index in [1.54, 1.807) is 11.8 Å². The van der Waals surface area contributed by atoms with Crippen LogP contribution >= 0.6 is 11.8 Å². The van der Waals surface area contributed by atoms with Crippen molar-refractivity contribution in [3.8, 4) is 11.1 Å². The fraction of sp³-hybridized carbons (Fsp3) is 0.231. The van der Waals surface area contributed by atoms with Crippen LogP contribution in [0.3, 0.4) is 0 Å². The standard InChI is InChI=1S/C13H14N2O3S/c1-7(2)19-9-5-3-8(4-6-9)10-11(13(16)17)15-18-12(10)14/h3-7H,14H2,1-2H3,(H,16,17). The minimum atomic E-state index is -1.16. The molecule has 5 nitrogen and oxygen atoms in total. The molecule has 100 valence electrons. The van der Waals surface area contributed by atoms with Crippen molar-refractivity contribution in [3.05, 3.63) is 30.0 Å². The first-order valence-corrected chi connectivity index (χ1v) is 6.62. The van der Waals surface area contributed by atoms with E-state index in [1.165, 1.54) is 0 Å². The molecule has 0 amide bonds. The summed E-state index contributed by atoms with van der Waals surface area (Å²) in [7, 11) is 0. The van der Waals surface area contributed by atoms with Crippen LogP contribution in [0.15, 0.2) is 33.7 Å². The predicted octanol–water partition coefficient (Wildman–Crippen LogP) is 3.12. The van der Waals surface area contributed by atoms with Crippen molar-refractivity contribution < 1.29 is 14.4 Å². The second-order valence-corrected chi connectivity index (χ2v) is 5.92. The van der Waals surface area contributed by atoms with E-state index < -0.39 is 5.97 Å². The van der Waals surface area contributed by atoms with E-state index in [0.717, 1.165) is 4.90 Å². The summed E-state index contributed by atoms with van der Waals surface area (Å²) in [5, 5.41) is 13.0. The molecule has 2 rings (SSSR count). The monoisotopic (exact) mass is 278 g/mol. The van der Waals surface area contributed by atoms with Gasteiger partial charge in [0.05, 0.1) is 5.56 Å². The molecule has 0 aliphatic rings. The zero-order chi connectivity index (χ0) is 14.0. The number of carbonyl (C=O) groups is 1. The number of thioether (sulfide) groups is 1. The number of nitrogens with zero attached hydrogens (tertiary/aromatic N) is 1. The summed E-state index contributed by atoms with van der Waals surface area (Å²) in [6, 6.07) is 7.50. The maximum absolute atomic E-state index is 11.0. The molecule has 0 aliphatic carbocycles. The number of carboxylic acid groups (broad SMARTS) is 1. The van der Waals surface area contributed by atoms with Crippen LogP contribution in [-0.4, -0.2) is 21.5 Å². The lowest BCUT2D eigenvalue weighted by atomic mass is 10.1. The zero-order valence-electron chi connectivity index (χ0n) is 10.6. The van der Waals surface area contributed by atoms with Gasteiger partial charge in [-0.05, 0) is 17.7 Å². The van der Waals surface area contributed by atoms with Crippen LogP contribution in [0.1, 0.15) is 24.3 Å². The van der Waals surface area contributed by atoms with E-state index >= 15 is 0 Å². The van der Waals surface area contributed by atoms with Crippen molar-refractivity contribution in [3.63, 3.8) is 0 Å². The molecule has 0 spiro atoms. The number of hydrogen-bond acceptors (Lipinski definition) is 5. The molecule has 1 aromatic carbocycles. The van der Waals surface area contributed by atoms with Crippen LogP contribution in [0.5, 0.6) is 0 Å². The van der Waals surface area contributed by atoms with Gasteiger partial charge in [0.25, 0.3) is 0 Å². The van der Waals surface area contributed by atoms with E-state index in [9.17, 15) is 4.79 Å². The summed E-state index contributed by atoms with van der Waals surface area (Å²) in [6.07, 6.45) is 0. The van der Waals surface area contributed by atoms with E-state index in [-0.39, 0.29) is 11.6 Å². The normalized spacial score (nSPS) is 10.9. The van der Waals surface area contributed by atoms with E-state index in [1.807, 2.05) is 24.3 Å². The molecule has 0 radical (unpaired) electrons. The Morgan fingerprint density at radius 1 is 1.37 bits per heavy atom. The van der Waals surface area contributed by atoms with Gasteiger partial charge in [0, 0.05) is 10.1 Å². The third-order valence-electron chi connectivity index (χ3n) is 2.44. The maximum atomic E-state index is 11.0. The number of hydrogen-bond donors (Lipinski definition) is 2. The van der Waals surface area contributed by atoms with Gasteiger partial charge in [0.15, 0.2) is 0 Å². The second kappa shape index (κ2) is 5.36. The van der Waals surface area contributed by atoms with Gasteiger partial charge in [-0.15, -0.1) is 11.8 Å². The smallest absolute Gasteiger partial charge is 0.358 e. The molecular weight excluding hydrogens is 264 g/mol. The molecule has 0 saturated carbocycles. The Bertz CT molecular complexity index is 590. The fourth-order valence-corrected chi connectivity index (χ4v) is 2.54. The fourth-order valence-electron chi connectivity index (χ4n) is 1.70. The molecule has 0 atom stereocenters. The van der Waals surface area contributed by atoms with Crippen molar-refractivity contribution in [2.24, 2.45) is 0 Å². The molecule has 1 aromatic heterocycles. The number of aromatic carboxylic acids is 1. The molecule has 0 bridgehead atoms. The average Bonchev–Trinajstić information content (AvgIpc) is 2.71. The molecule has 0 fully saturated rings. The molecule has 2 aromatic rings. The average molecular weight is 278 g/mol. The van der Waals surface area contributed by atoms with Crippen LogP contribution in [0, 0.1) is 0 Å². The van der Waals surface area contributed by atoms with Crippen molar-refractivity contribution >= 4 is 23.6 Å². The molecule has 19 heavy (non-hydrogen) atoms. The Kier molecular flexibility index (Phi) is 3.80. The third-order valence-corrected chi connectivity index (χ3v) is 3.45. The van der Waals surface area contributed by atoms with Gasteiger partial charge in [0.2, 0.25) is 11.6 Å². The SMILES string of the molecule is CC(C)Sc1ccc(-c2c(C(=O)O)noc2N)cc1. The number of carboxylic acids is 1. The number of benzene rings is 1. The first-order valence-electron chi connectivity index (χ1n) is 5.74. The van der Waals surface area contributed by atoms with Gasteiger partial charge in [-0.3, -0.25) is 0 Å². The topological polar surface area (TPSA) is 89.3 Å². The Morgan fingerprint density at radius 2 is 2.00 bits per heavy atom. The Morgan fingerprint density at radius 3 is 2.53 bits per heavy atom. The lowest BCUT2D eigenvalue weighted by Gasteiger charge is -2.06. The van der Waals surface area contributed by atoms with Crippen molar-refractivity contribution in [2.75, 3.05) is 5.73 Å². The van der Waals surface area contributed by atoms with Crippen LogP contribution in [0.4, 0.5) is 5.88 Å². The van der Waals surface area contributed by atoms with Crippen LogP contribution in [-0.2, 0) is 0 Å². The van der Waals surface area contributed by atoms with Crippen LogP contribution < -0.4 is 5.73 Å². The summed E-state index contributed by atoms with van der Waals surface area (Å²) in [5.41, 5.74) is 6.48. The van der Waals surface area contributed by atoms with Gasteiger partial charge >= 0.3 is 5.97 Å². The third kappa shape index (κ3) is 2.90.